The SMILES string of the molecule is N#CCOC(=O)[C@H](Cc1ccccc1)NC(=O)CCCC[C@@H]1SC[C@@H]2NC(=O)N[C@@H]21. The van der Waals surface area contributed by atoms with Crippen molar-refractivity contribution in [2.24, 2.45) is 0 Å². The number of nitriles is 1. The van der Waals surface area contributed by atoms with Crippen molar-refractivity contribution in [1.29, 1.82) is 5.26 Å². The third-order valence-electron chi connectivity index (χ3n) is 5.26. The lowest BCUT2D eigenvalue weighted by atomic mass is 10.0. The van der Waals surface area contributed by atoms with Gasteiger partial charge in [-0.3, -0.25) is 4.79 Å². The van der Waals surface area contributed by atoms with Crippen LogP contribution in [0, 0.1) is 11.3 Å². The Bertz CT molecular complexity index is 798. The van der Waals surface area contributed by atoms with E-state index in [2.05, 4.69) is 16.0 Å². The summed E-state index contributed by atoms with van der Waals surface area (Å²) < 4.78 is 4.91. The molecule has 160 valence electrons. The summed E-state index contributed by atoms with van der Waals surface area (Å²) in [7, 11) is 0. The molecule has 0 spiro atoms. The van der Waals surface area contributed by atoms with Gasteiger partial charge in [0.1, 0.15) is 12.1 Å². The molecule has 1 aromatic rings. The number of carbonyl (C=O) groups excluding carboxylic acids is 3. The summed E-state index contributed by atoms with van der Waals surface area (Å²) >= 11 is 1.85. The minimum Gasteiger partial charge on any atom is -0.449 e. The number of benzene rings is 1. The van der Waals surface area contributed by atoms with Crippen LogP contribution < -0.4 is 16.0 Å². The van der Waals surface area contributed by atoms with Gasteiger partial charge in [-0.15, -0.1) is 0 Å². The molecule has 2 aliphatic heterocycles. The summed E-state index contributed by atoms with van der Waals surface area (Å²) in [5.74, 6) is 0.102. The number of rotatable bonds is 10. The average molecular weight is 431 g/mol. The van der Waals surface area contributed by atoms with Crippen molar-refractivity contribution in [3.63, 3.8) is 0 Å². The van der Waals surface area contributed by atoms with Crippen LogP contribution in [0.3, 0.4) is 0 Å². The van der Waals surface area contributed by atoms with Crippen LogP contribution in [0.15, 0.2) is 30.3 Å². The molecule has 2 aliphatic rings. The molecule has 3 rings (SSSR count). The van der Waals surface area contributed by atoms with Crippen LogP contribution in [0.25, 0.3) is 0 Å². The van der Waals surface area contributed by atoms with Crippen molar-refractivity contribution in [1.82, 2.24) is 16.0 Å². The zero-order chi connectivity index (χ0) is 21.3. The van der Waals surface area contributed by atoms with Crippen LogP contribution in [0.4, 0.5) is 4.79 Å². The fraction of sp³-hybridized carbons (Fsp3) is 0.524. The lowest BCUT2D eigenvalue weighted by Gasteiger charge is -2.18. The standard InChI is InChI=1S/C21H26N4O4S/c22-10-11-29-20(27)15(12-14-6-2-1-3-7-14)23-18(26)9-5-4-8-17-19-16(13-30-17)24-21(28)25-19/h1-3,6-7,15-17,19H,4-5,8-9,11-13H2,(H,23,26)(H2,24,25,28)/t15-,16-,17-,19-/m0/s1. The van der Waals surface area contributed by atoms with Crippen LogP contribution in [-0.2, 0) is 20.7 Å². The first-order valence-corrected chi connectivity index (χ1v) is 11.2. The molecule has 0 saturated carbocycles. The molecule has 3 amide bonds. The Morgan fingerprint density at radius 1 is 1.27 bits per heavy atom. The van der Waals surface area contributed by atoms with Gasteiger partial charge in [-0.2, -0.15) is 17.0 Å². The number of nitrogens with one attached hydrogen (secondary N) is 3. The van der Waals surface area contributed by atoms with Crippen molar-refractivity contribution in [2.75, 3.05) is 12.4 Å². The highest BCUT2D eigenvalue weighted by atomic mass is 32.2. The van der Waals surface area contributed by atoms with Gasteiger partial charge in [0.25, 0.3) is 0 Å². The summed E-state index contributed by atoms with van der Waals surface area (Å²) in [6, 6.07) is 10.6. The predicted molar refractivity (Wildman–Crippen MR) is 113 cm³/mol. The minimum absolute atomic E-state index is 0.0950. The Morgan fingerprint density at radius 2 is 2.07 bits per heavy atom. The lowest BCUT2D eigenvalue weighted by Crippen LogP contribution is -2.43. The summed E-state index contributed by atoms with van der Waals surface area (Å²) in [5.41, 5.74) is 0.900. The van der Waals surface area contributed by atoms with Gasteiger partial charge in [0, 0.05) is 23.8 Å². The maximum absolute atomic E-state index is 12.4. The number of fused-ring (bicyclic) bond motifs is 1. The van der Waals surface area contributed by atoms with Crippen molar-refractivity contribution >= 4 is 29.7 Å². The van der Waals surface area contributed by atoms with Gasteiger partial charge in [0.15, 0.2) is 6.61 Å². The number of nitrogens with zero attached hydrogens (tertiary/aromatic N) is 1. The number of unbranched alkanes of at least 4 members (excludes halogenated alkanes) is 1. The van der Waals surface area contributed by atoms with E-state index in [4.69, 9.17) is 10.00 Å². The van der Waals surface area contributed by atoms with E-state index >= 15 is 0 Å². The van der Waals surface area contributed by atoms with E-state index < -0.39 is 12.0 Å². The van der Waals surface area contributed by atoms with Gasteiger partial charge >= 0.3 is 12.0 Å². The number of carbonyl (C=O) groups is 3. The quantitative estimate of drug-likeness (QED) is 0.294. The number of hydrogen-bond acceptors (Lipinski definition) is 6. The molecule has 9 heteroatoms. The highest BCUT2D eigenvalue weighted by molar-refractivity contribution is 8.00. The maximum Gasteiger partial charge on any atom is 0.330 e. The normalized spacial score (nSPS) is 22.9. The number of thioether (sulfide) groups is 1. The molecule has 0 radical (unpaired) electrons. The smallest absolute Gasteiger partial charge is 0.330 e. The fourth-order valence-electron chi connectivity index (χ4n) is 3.79. The number of amides is 3. The number of urea groups is 1. The summed E-state index contributed by atoms with van der Waals surface area (Å²) in [5, 5.41) is 17.6. The molecule has 2 saturated heterocycles. The Kier molecular flexibility index (Phi) is 7.97. The maximum atomic E-state index is 12.4. The zero-order valence-corrected chi connectivity index (χ0v) is 17.5. The van der Waals surface area contributed by atoms with Gasteiger partial charge < -0.3 is 20.7 Å². The predicted octanol–water partition coefficient (Wildman–Crippen LogP) is 1.51. The Balaban J connectivity index is 1.42. The van der Waals surface area contributed by atoms with Crippen LogP contribution in [0.5, 0.6) is 0 Å². The molecular formula is C21H26N4O4S. The van der Waals surface area contributed by atoms with Crippen LogP contribution >= 0.6 is 11.8 Å². The van der Waals surface area contributed by atoms with E-state index in [9.17, 15) is 14.4 Å². The molecule has 0 aliphatic carbocycles. The number of esters is 1. The lowest BCUT2D eigenvalue weighted by molar-refractivity contribution is -0.146. The fourth-order valence-corrected chi connectivity index (χ4v) is 5.33. The van der Waals surface area contributed by atoms with Crippen LogP contribution in [-0.4, -0.2) is 53.6 Å². The van der Waals surface area contributed by atoms with E-state index in [-0.39, 0.29) is 30.6 Å². The molecule has 0 aromatic heterocycles. The molecular weight excluding hydrogens is 404 g/mol. The Hall–Kier alpha value is -2.73. The van der Waals surface area contributed by atoms with Crippen LogP contribution in [0.2, 0.25) is 0 Å². The highest BCUT2D eigenvalue weighted by Gasteiger charge is 2.42. The summed E-state index contributed by atoms with van der Waals surface area (Å²) in [6.45, 7) is -0.341. The van der Waals surface area contributed by atoms with Crippen molar-refractivity contribution < 1.29 is 19.1 Å². The molecule has 3 N–H and O–H groups in total. The highest BCUT2D eigenvalue weighted by Crippen LogP contribution is 2.33. The van der Waals surface area contributed by atoms with Gasteiger partial charge in [0.2, 0.25) is 5.91 Å². The topological polar surface area (TPSA) is 120 Å². The molecule has 1 aromatic carbocycles. The second-order valence-electron chi connectivity index (χ2n) is 7.44. The van der Waals surface area contributed by atoms with Crippen molar-refractivity contribution in [2.45, 2.75) is 55.5 Å². The van der Waals surface area contributed by atoms with E-state index in [0.717, 1.165) is 24.2 Å². The first-order chi connectivity index (χ1) is 14.6. The molecule has 0 unspecified atom stereocenters. The second kappa shape index (κ2) is 10.9. The third-order valence-corrected chi connectivity index (χ3v) is 6.77. The summed E-state index contributed by atoms with van der Waals surface area (Å²) in [4.78, 5) is 36.1. The minimum atomic E-state index is -0.820. The molecule has 2 fully saturated rings. The van der Waals surface area contributed by atoms with Gasteiger partial charge in [-0.05, 0) is 18.4 Å². The summed E-state index contributed by atoms with van der Waals surface area (Å²) in [6.07, 6.45) is 3.12. The van der Waals surface area contributed by atoms with E-state index in [0.29, 0.717) is 24.5 Å². The zero-order valence-electron chi connectivity index (χ0n) is 16.6. The molecule has 8 nitrogen and oxygen atoms in total. The van der Waals surface area contributed by atoms with Crippen molar-refractivity contribution in [3.8, 4) is 6.07 Å². The van der Waals surface area contributed by atoms with E-state index in [1.165, 1.54) is 0 Å². The monoisotopic (exact) mass is 430 g/mol. The molecule has 2 heterocycles. The third kappa shape index (κ3) is 6.13. The van der Waals surface area contributed by atoms with Gasteiger partial charge in [-0.1, -0.05) is 36.8 Å². The van der Waals surface area contributed by atoms with Gasteiger partial charge in [-0.25, -0.2) is 9.59 Å². The molecule has 4 atom stereocenters. The second-order valence-corrected chi connectivity index (χ2v) is 8.72. The Morgan fingerprint density at radius 3 is 2.83 bits per heavy atom. The van der Waals surface area contributed by atoms with Crippen LogP contribution in [0.1, 0.15) is 31.2 Å². The Labute approximate surface area is 180 Å². The first-order valence-electron chi connectivity index (χ1n) is 10.1. The van der Waals surface area contributed by atoms with Gasteiger partial charge in [0.05, 0.1) is 12.1 Å². The molecule has 0 bridgehead atoms. The first kappa shape index (κ1) is 22.0. The number of hydrogen-bond donors (Lipinski definition) is 3. The average Bonchev–Trinajstić information content (AvgIpc) is 3.29. The number of ether oxygens (including phenoxy) is 1. The largest absolute Gasteiger partial charge is 0.449 e. The van der Waals surface area contributed by atoms with Crippen molar-refractivity contribution in [3.05, 3.63) is 35.9 Å². The molecule has 30 heavy (non-hydrogen) atoms. The van der Waals surface area contributed by atoms with E-state index in [1.807, 2.05) is 42.1 Å². The van der Waals surface area contributed by atoms with E-state index in [1.54, 1.807) is 6.07 Å².